The monoisotopic (exact) mass is 310 g/mol. The van der Waals surface area contributed by atoms with E-state index in [1.54, 1.807) is 32.9 Å². The Bertz CT molecular complexity index is 753. The van der Waals surface area contributed by atoms with Crippen molar-refractivity contribution < 1.29 is 12.9 Å². The zero-order chi connectivity index (χ0) is 15.6. The number of aromatic nitrogens is 2. The molecule has 1 aromatic heterocycles. The molecule has 0 radical (unpaired) electrons. The summed E-state index contributed by atoms with van der Waals surface area (Å²) in [5, 5.41) is 3.71. The van der Waals surface area contributed by atoms with E-state index in [1.807, 2.05) is 0 Å². The third-order valence-corrected chi connectivity index (χ3v) is 4.63. The summed E-state index contributed by atoms with van der Waals surface area (Å²) in [6.45, 7) is 5.36. The number of nitrogens with one attached hydrogen (secondary N) is 1. The standard InChI is InChI=1S/C13H18N4O3S/c1-8-6-11(14)9(2)12(7-8)21(18,19)15-5-4-13-16-10(3)20-17-13/h6-7,15H,4-5,14H2,1-3H3. The van der Waals surface area contributed by atoms with Crippen LogP contribution in [-0.4, -0.2) is 25.1 Å². The Hall–Kier alpha value is -1.93. The van der Waals surface area contributed by atoms with Gasteiger partial charge in [0.15, 0.2) is 5.82 Å². The van der Waals surface area contributed by atoms with E-state index in [2.05, 4.69) is 14.9 Å². The van der Waals surface area contributed by atoms with Gasteiger partial charge in [0.25, 0.3) is 0 Å². The molecule has 1 aromatic carbocycles. The van der Waals surface area contributed by atoms with Gasteiger partial charge in [0.05, 0.1) is 4.90 Å². The summed E-state index contributed by atoms with van der Waals surface area (Å²) in [5.74, 6) is 0.922. The Morgan fingerprint density at radius 2 is 2.00 bits per heavy atom. The summed E-state index contributed by atoms with van der Waals surface area (Å²) in [5.41, 5.74) is 7.62. The SMILES string of the molecule is Cc1cc(N)c(C)c(S(=O)(=O)NCCc2noc(C)n2)c1. The van der Waals surface area contributed by atoms with Gasteiger partial charge in [-0.3, -0.25) is 0 Å². The molecule has 2 aromatic rings. The summed E-state index contributed by atoms with van der Waals surface area (Å²) in [6, 6.07) is 3.35. The minimum absolute atomic E-state index is 0.189. The molecule has 0 atom stereocenters. The van der Waals surface area contributed by atoms with Crippen LogP contribution in [0.4, 0.5) is 5.69 Å². The summed E-state index contributed by atoms with van der Waals surface area (Å²) in [4.78, 5) is 4.21. The Morgan fingerprint density at radius 3 is 2.62 bits per heavy atom. The highest BCUT2D eigenvalue weighted by Crippen LogP contribution is 2.22. The summed E-state index contributed by atoms with van der Waals surface area (Å²) in [6.07, 6.45) is 0.358. The van der Waals surface area contributed by atoms with E-state index in [0.29, 0.717) is 29.4 Å². The number of aryl methyl sites for hydroxylation is 2. The molecule has 0 fully saturated rings. The first-order valence-electron chi connectivity index (χ1n) is 6.45. The van der Waals surface area contributed by atoms with Crippen molar-refractivity contribution >= 4 is 15.7 Å². The van der Waals surface area contributed by atoms with E-state index in [0.717, 1.165) is 5.56 Å². The van der Waals surface area contributed by atoms with Crippen LogP contribution in [0, 0.1) is 20.8 Å². The smallest absolute Gasteiger partial charge is 0.240 e. The number of hydrogen-bond acceptors (Lipinski definition) is 6. The van der Waals surface area contributed by atoms with E-state index < -0.39 is 10.0 Å². The van der Waals surface area contributed by atoms with Gasteiger partial charge in [-0.1, -0.05) is 5.16 Å². The molecule has 0 unspecified atom stereocenters. The van der Waals surface area contributed by atoms with Gasteiger partial charge >= 0.3 is 0 Å². The van der Waals surface area contributed by atoms with E-state index >= 15 is 0 Å². The van der Waals surface area contributed by atoms with Crippen LogP contribution in [0.25, 0.3) is 0 Å². The third kappa shape index (κ3) is 3.59. The number of nitrogens with two attached hydrogens (primary N) is 1. The van der Waals surface area contributed by atoms with Crippen LogP contribution in [0.5, 0.6) is 0 Å². The number of sulfonamides is 1. The first-order valence-corrected chi connectivity index (χ1v) is 7.93. The minimum atomic E-state index is -3.62. The van der Waals surface area contributed by atoms with Crippen LogP contribution in [-0.2, 0) is 16.4 Å². The van der Waals surface area contributed by atoms with Crippen molar-refractivity contribution in [3.05, 3.63) is 35.0 Å². The Balaban J connectivity index is 2.12. The molecule has 1 heterocycles. The fourth-order valence-electron chi connectivity index (χ4n) is 1.95. The summed E-state index contributed by atoms with van der Waals surface area (Å²) in [7, 11) is -3.62. The fourth-order valence-corrected chi connectivity index (χ4v) is 3.34. The quantitative estimate of drug-likeness (QED) is 0.800. The van der Waals surface area contributed by atoms with Gasteiger partial charge in [0, 0.05) is 25.6 Å². The van der Waals surface area contributed by atoms with E-state index in [1.165, 1.54) is 0 Å². The molecule has 2 rings (SSSR count). The Kier molecular flexibility index (Phi) is 4.29. The van der Waals surface area contributed by atoms with Crippen molar-refractivity contribution in [2.45, 2.75) is 32.1 Å². The lowest BCUT2D eigenvalue weighted by molar-refractivity contribution is 0.387. The topological polar surface area (TPSA) is 111 Å². The highest BCUT2D eigenvalue weighted by atomic mass is 32.2. The molecule has 0 spiro atoms. The van der Waals surface area contributed by atoms with E-state index in [-0.39, 0.29) is 11.4 Å². The number of rotatable bonds is 5. The molecule has 21 heavy (non-hydrogen) atoms. The predicted molar refractivity (Wildman–Crippen MR) is 78.3 cm³/mol. The number of nitrogens with zero attached hydrogens (tertiary/aromatic N) is 2. The van der Waals surface area contributed by atoms with Crippen molar-refractivity contribution in [1.29, 1.82) is 0 Å². The van der Waals surface area contributed by atoms with Crippen molar-refractivity contribution in [2.24, 2.45) is 0 Å². The number of benzene rings is 1. The molecular formula is C13H18N4O3S. The molecular weight excluding hydrogens is 292 g/mol. The van der Waals surface area contributed by atoms with Gasteiger partial charge in [-0.15, -0.1) is 0 Å². The molecule has 114 valence electrons. The molecule has 0 saturated heterocycles. The normalized spacial score (nSPS) is 11.8. The van der Waals surface area contributed by atoms with Gasteiger partial charge in [-0.05, 0) is 37.1 Å². The molecule has 0 saturated carbocycles. The average molecular weight is 310 g/mol. The van der Waals surface area contributed by atoms with Crippen molar-refractivity contribution in [3.8, 4) is 0 Å². The van der Waals surface area contributed by atoms with Crippen LogP contribution in [0.15, 0.2) is 21.6 Å². The lowest BCUT2D eigenvalue weighted by Gasteiger charge is -2.11. The highest BCUT2D eigenvalue weighted by Gasteiger charge is 2.18. The van der Waals surface area contributed by atoms with Crippen molar-refractivity contribution in [3.63, 3.8) is 0 Å². The molecule has 3 N–H and O–H groups in total. The molecule has 8 heteroatoms. The number of nitrogen functional groups attached to an aromatic ring is 1. The predicted octanol–water partition coefficient (Wildman–Crippen LogP) is 1.10. The molecule has 0 aliphatic rings. The van der Waals surface area contributed by atoms with Gasteiger partial charge < -0.3 is 10.3 Å². The second-order valence-electron chi connectivity index (χ2n) is 4.85. The van der Waals surface area contributed by atoms with Gasteiger partial charge in [-0.25, -0.2) is 13.1 Å². The maximum absolute atomic E-state index is 12.3. The summed E-state index contributed by atoms with van der Waals surface area (Å²) < 4.78 is 32.0. The Labute approximate surface area is 123 Å². The number of hydrogen-bond donors (Lipinski definition) is 2. The second kappa shape index (κ2) is 5.82. The van der Waals surface area contributed by atoms with Gasteiger partial charge in [0.1, 0.15) is 0 Å². The Morgan fingerprint density at radius 1 is 1.29 bits per heavy atom. The maximum atomic E-state index is 12.3. The fraction of sp³-hybridized carbons (Fsp3) is 0.385. The zero-order valence-corrected chi connectivity index (χ0v) is 13.0. The van der Waals surface area contributed by atoms with Gasteiger partial charge in [-0.2, -0.15) is 4.98 Å². The van der Waals surface area contributed by atoms with Crippen molar-refractivity contribution in [1.82, 2.24) is 14.9 Å². The van der Waals surface area contributed by atoms with E-state index in [4.69, 9.17) is 10.3 Å². The second-order valence-corrected chi connectivity index (χ2v) is 6.59. The lowest BCUT2D eigenvalue weighted by atomic mass is 10.1. The molecule has 0 aliphatic carbocycles. The lowest BCUT2D eigenvalue weighted by Crippen LogP contribution is -2.27. The van der Waals surface area contributed by atoms with Crippen molar-refractivity contribution in [2.75, 3.05) is 12.3 Å². The molecule has 0 bridgehead atoms. The minimum Gasteiger partial charge on any atom is -0.398 e. The largest absolute Gasteiger partial charge is 0.398 e. The molecule has 0 aliphatic heterocycles. The van der Waals surface area contributed by atoms with Crippen LogP contribution >= 0.6 is 0 Å². The van der Waals surface area contributed by atoms with E-state index in [9.17, 15) is 8.42 Å². The maximum Gasteiger partial charge on any atom is 0.240 e. The van der Waals surface area contributed by atoms with Crippen LogP contribution in [0.2, 0.25) is 0 Å². The first-order chi connectivity index (χ1) is 9.79. The third-order valence-electron chi connectivity index (χ3n) is 3.04. The average Bonchev–Trinajstić information content (AvgIpc) is 2.79. The zero-order valence-electron chi connectivity index (χ0n) is 12.2. The van der Waals surface area contributed by atoms with Gasteiger partial charge in [0.2, 0.25) is 15.9 Å². The van der Waals surface area contributed by atoms with Crippen LogP contribution < -0.4 is 10.5 Å². The highest BCUT2D eigenvalue weighted by molar-refractivity contribution is 7.89. The molecule has 0 amide bonds. The first kappa shape index (κ1) is 15.5. The summed E-state index contributed by atoms with van der Waals surface area (Å²) >= 11 is 0. The number of anilines is 1. The van der Waals surface area contributed by atoms with Crippen LogP contribution in [0.1, 0.15) is 22.8 Å². The van der Waals surface area contributed by atoms with Crippen LogP contribution in [0.3, 0.4) is 0 Å². The molecule has 7 nitrogen and oxygen atoms in total.